The number of hydrogen-bond acceptors (Lipinski definition) is 4. The van der Waals surface area contributed by atoms with Crippen LogP contribution in [-0.4, -0.2) is 11.8 Å². The molecule has 0 saturated carbocycles. The second kappa shape index (κ2) is 6.45. The zero-order valence-electron chi connectivity index (χ0n) is 14.1. The lowest BCUT2D eigenvalue weighted by atomic mass is 9.88. The van der Waals surface area contributed by atoms with E-state index >= 15 is 0 Å². The number of carbonyl (C=O) groups is 2. The minimum atomic E-state index is -0.510. The molecule has 26 heavy (non-hydrogen) atoms. The number of fused-ring (bicyclic) bond motifs is 2. The van der Waals surface area contributed by atoms with Crippen LogP contribution in [0.25, 0.3) is 11.0 Å². The molecule has 0 aliphatic heterocycles. The number of nitrogens with two attached hydrogens (primary N) is 1. The third-order valence-corrected chi connectivity index (χ3v) is 6.09. The number of carbonyl (C=O) groups excluding carboxylic acids is 2. The van der Waals surface area contributed by atoms with Crippen molar-refractivity contribution in [2.75, 3.05) is 5.32 Å². The lowest BCUT2D eigenvalue weighted by Crippen LogP contribution is -2.19. The molecular formula is C19H17ClN2O3S. The Kier molecular flexibility index (Phi) is 4.25. The van der Waals surface area contributed by atoms with Crippen molar-refractivity contribution in [1.82, 2.24) is 0 Å². The quantitative estimate of drug-likeness (QED) is 0.686. The number of halogens is 1. The van der Waals surface area contributed by atoms with Gasteiger partial charge in [0.25, 0.3) is 11.8 Å². The van der Waals surface area contributed by atoms with Crippen LogP contribution in [0.3, 0.4) is 0 Å². The summed E-state index contributed by atoms with van der Waals surface area (Å²) in [6.45, 7) is 2.18. The van der Waals surface area contributed by atoms with Crippen LogP contribution in [0.4, 0.5) is 5.00 Å². The van der Waals surface area contributed by atoms with Crippen molar-refractivity contribution in [1.29, 1.82) is 0 Å². The second-order valence-corrected chi connectivity index (χ2v) is 8.21. The van der Waals surface area contributed by atoms with Crippen molar-refractivity contribution in [2.24, 2.45) is 11.7 Å². The highest BCUT2D eigenvalue weighted by Crippen LogP contribution is 2.39. The Balaban J connectivity index is 1.67. The van der Waals surface area contributed by atoms with Crippen LogP contribution >= 0.6 is 22.9 Å². The van der Waals surface area contributed by atoms with Crippen molar-refractivity contribution >= 4 is 50.7 Å². The zero-order valence-corrected chi connectivity index (χ0v) is 15.7. The van der Waals surface area contributed by atoms with Crippen LogP contribution in [0.15, 0.2) is 28.7 Å². The molecule has 5 nitrogen and oxygen atoms in total. The third kappa shape index (κ3) is 2.99. The highest BCUT2D eigenvalue weighted by Gasteiger charge is 2.27. The molecule has 1 aliphatic rings. The number of anilines is 1. The molecule has 4 rings (SSSR count). The van der Waals surface area contributed by atoms with Gasteiger partial charge in [-0.15, -0.1) is 11.3 Å². The molecule has 1 atom stereocenters. The largest absolute Gasteiger partial charge is 0.451 e. The lowest BCUT2D eigenvalue weighted by molar-refractivity contribution is 0.0999. The number of hydrogen-bond donors (Lipinski definition) is 2. The van der Waals surface area contributed by atoms with Crippen LogP contribution in [0.1, 0.15) is 44.7 Å². The van der Waals surface area contributed by atoms with E-state index in [-0.39, 0.29) is 5.76 Å². The average Bonchev–Trinajstić information content (AvgIpc) is 3.14. The van der Waals surface area contributed by atoms with E-state index in [1.165, 1.54) is 11.3 Å². The molecule has 7 heteroatoms. The number of amides is 2. The molecule has 0 spiro atoms. The third-order valence-electron chi connectivity index (χ3n) is 4.69. The summed E-state index contributed by atoms with van der Waals surface area (Å²) in [5.74, 6) is -0.196. The molecule has 0 fully saturated rings. The summed E-state index contributed by atoms with van der Waals surface area (Å²) >= 11 is 7.40. The fourth-order valence-electron chi connectivity index (χ4n) is 3.39. The predicted octanol–water partition coefficient (Wildman–Crippen LogP) is 4.62. The molecule has 1 aliphatic carbocycles. The summed E-state index contributed by atoms with van der Waals surface area (Å²) in [4.78, 5) is 25.7. The standard InChI is InChI=1S/C19H17ClN2O3S/c1-9-2-4-12-15(6-9)26-19(16(12)17(21)23)22-18(24)14-8-10-7-11(20)3-5-13(10)25-14/h3,5,7-9H,2,4,6H2,1H3,(H2,21,23)(H,22,24). The summed E-state index contributed by atoms with van der Waals surface area (Å²) in [7, 11) is 0. The van der Waals surface area contributed by atoms with Gasteiger partial charge in [-0.3, -0.25) is 9.59 Å². The first-order valence-corrected chi connectivity index (χ1v) is 9.56. The molecule has 3 aromatic rings. The number of primary amides is 1. The smallest absolute Gasteiger partial charge is 0.292 e. The van der Waals surface area contributed by atoms with Crippen molar-refractivity contribution in [3.63, 3.8) is 0 Å². The van der Waals surface area contributed by atoms with E-state index in [0.29, 0.717) is 27.1 Å². The Morgan fingerprint density at radius 2 is 2.15 bits per heavy atom. The molecule has 2 heterocycles. The number of thiophene rings is 1. The minimum absolute atomic E-state index is 0.164. The first-order chi connectivity index (χ1) is 12.4. The molecule has 0 bridgehead atoms. The Hall–Kier alpha value is -2.31. The van der Waals surface area contributed by atoms with Gasteiger partial charge in [-0.2, -0.15) is 0 Å². The van der Waals surface area contributed by atoms with Crippen molar-refractivity contribution in [3.05, 3.63) is 51.1 Å². The van der Waals surface area contributed by atoms with Gasteiger partial charge in [0.2, 0.25) is 0 Å². The first-order valence-electron chi connectivity index (χ1n) is 8.37. The van der Waals surface area contributed by atoms with E-state index in [1.807, 2.05) is 0 Å². The molecule has 1 unspecified atom stereocenters. The fourth-order valence-corrected chi connectivity index (χ4v) is 4.98. The molecule has 0 radical (unpaired) electrons. The van der Waals surface area contributed by atoms with E-state index in [1.54, 1.807) is 24.3 Å². The van der Waals surface area contributed by atoms with E-state index in [0.717, 1.165) is 35.1 Å². The predicted molar refractivity (Wildman–Crippen MR) is 103 cm³/mol. The number of furan rings is 1. The van der Waals surface area contributed by atoms with Gasteiger partial charge >= 0.3 is 0 Å². The first kappa shape index (κ1) is 17.1. The maximum atomic E-state index is 12.6. The van der Waals surface area contributed by atoms with Gasteiger partial charge in [0.1, 0.15) is 10.6 Å². The maximum absolute atomic E-state index is 12.6. The van der Waals surface area contributed by atoms with Crippen molar-refractivity contribution < 1.29 is 14.0 Å². The number of rotatable bonds is 3. The number of benzene rings is 1. The van der Waals surface area contributed by atoms with Crippen LogP contribution in [0.5, 0.6) is 0 Å². The van der Waals surface area contributed by atoms with Gasteiger partial charge in [-0.1, -0.05) is 18.5 Å². The Morgan fingerprint density at radius 1 is 1.35 bits per heavy atom. The van der Waals surface area contributed by atoms with E-state index < -0.39 is 11.8 Å². The Morgan fingerprint density at radius 3 is 2.92 bits per heavy atom. The van der Waals surface area contributed by atoms with Crippen LogP contribution in [0, 0.1) is 5.92 Å². The zero-order chi connectivity index (χ0) is 18.4. The maximum Gasteiger partial charge on any atom is 0.292 e. The van der Waals surface area contributed by atoms with Gasteiger partial charge in [0, 0.05) is 15.3 Å². The second-order valence-electron chi connectivity index (χ2n) is 6.67. The Bertz CT molecular complexity index is 1040. The lowest BCUT2D eigenvalue weighted by Gasteiger charge is -2.18. The minimum Gasteiger partial charge on any atom is -0.451 e. The molecule has 0 saturated heterocycles. The van der Waals surface area contributed by atoms with Gasteiger partial charge in [0.15, 0.2) is 5.76 Å². The van der Waals surface area contributed by atoms with E-state index in [9.17, 15) is 9.59 Å². The molecular weight excluding hydrogens is 372 g/mol. The summed E-state index contributed by atoms with van der Waals surface area (Å²) in [5.41, 5.74) is 7.58. The molecule has 2 aromatic heterocycles. The SMILES string of the molecule is CC1CCc2c(sc(NC(=O)c3cc4cc(Cl)ccc4o3)c2C(N)=O)C1. The molecule has 1 aromatic carbocycles. The normalized spacial score (nSPS) is 16.5. The monoisotopic (exact) mass is 388 g/mol. The average molecular weight is 389 g/mol. The van der Waals surface area contributed by atoms with Crippen molar-refractivity contribution in [2.45, 2.75) is 26.2 Å². The summed E-state index contributed by atoms with van der Waals surface area (Å²) in [5, 5.41) is 4.63. The van der Waals surface area contributed by atoms with Gasteiger partial charge in [0.05, 0.1) is 5.56 Å². The summed E-state index contributed by atoms with van der Waals surface area (Å²) in [6, 6.07) is 6.79. The van der Waals surface area contributed by atoms with Crippen LogP contribution in [0.2, 0.25) is 5.02 Å². The van der Waals surface area contributed by atoms with E-state index in [4.69, 9.17) is 21.8 Å². The highest BCUT2D eigenvalue weighted by molar-refractivity contribution is 7.17. The van der Waals surface area contributed by atoms with Crippen LogP contribution < -0.4 is 11.1 Å². The fraction of sp³-hybridized carbons (Fsp3) is 0.263. The van der Waals surface area contributed by atoms with Gasteiger partial charge in [-0.25, -0.2) is 0 Å². The molecule has 3 N–H and O–H groups in total. The molecule has 2 amide bonds. The van der Waals surface area contributed by atoms with Gasteiger partial charge < -0.3 is 15.5 Å². The number of nitrogens with one attached hydrogen (secondary N) is 1. The van der Waals surface area contributed by atoms with Crippen LogP contribution in [-0.2, 0) is 12.8 Å². The molecule has 134 valence electrons. The Labute approximate surface area is 159 Å². The summed E-state index contributed by atoms with van der Waals surface area (Å²) < 4.78 is 5.59. The van der Waals surface area contributed by atoms with E-state index in [2.05, 4.69) is 12.2 Å². The highest BCUT2D eigenvalue weighted by atomic mass is 35.5. The topological polar surface area (TPSA) is 85.3 Å². The van der Waals surface area contributed by atoms with Gasteiger partial charge in [-0.05, 0) is 55.0 Å². The summed E-state index contributed by atoms with van der Waals surface area (Å²) in [6.07, 6.45) is 2.73. The van der Waals surface area contributed by atoms with Crippen molar-refractivity contribution in [3.8, 4) is 0 Å².